The fraction of sp³-hybridized carbons (Fsp3) is 0.529. The highest BCUT2D eigenvalue weighted by Gasteiger charge is 2.34. The molecule has 2 amide bonds. The number of nitrogens with zero attached hydrogens (tertiary/aromatic N) is 2. The molecule has 0 unspecified atom stereocenters. The first-order valence-corrected chi connectivity index (χ1v) is 8.17. The standard InChI is InChI=1S/C17H22FN3O3/c1-11-7-13-8-14(3-4-16(13)20(11)6-5-18)21-10-15(24-17(21)23)9-19-12(2)22/h3-4,8,11,15H,5-7,9-10H2,1-2H3,(H,19,22)/t11-,15+/m1/s1. The van der Waals surface area contributed by atoms with Gasteiger partial charge in [0.15, 0.2) is 0 Å². The molecule has 1 N–H and O–H groups in total. The molecular formula is C17H22FN3O3. The number of ether oxygens (including phenoxy) is 1. The molecule has 3 rings (SSSR count). The number of cyclic esters (lactones) is 1. The van der Waals surface area contributed by atoms with E-state index in [1.165, 1.54) is 6.92 Å². The zero-order valence-corrected chi connectivity index (χ0v) is 13.9. The minimum Gasteiger partial charge on any atom is -0.442 e. The van der Waals surface area contributed by atoms with E-state index in [-0.39, 0.29) is 24.7 Å². The lowest BCUT2D eigenvalue weighted by Crippen LogP contribution is -2.33. The van der Waals surface area contributed by atoms with Crippen molar-refractivity contribution in [2.24, 2.45) is 0 Å². The van der Waals surface area contributed by atoms with Crippen LogP contribution >= 0.6 is 0 Å². The van der Waals surface area contributed by atoms with Gasteiger partial charge in [-0.1, -0.05) is 0 Å². The van der Waals surface area contributed by atoms with Crippen molar-refractivity contribution in [3.05, 3.63) is 23.8 Å². The maximum atomic E-state index is 12.7. The Morgan fingerprint density at radius 3 is 2.96 bits per heavy atom. The van der Waals surface area contributed by atoms with Crippen molar-refractivity contribution >= 4 is 23.4 Å². The van der Waals surface area contributed by atoms with Crippen LogP contribution in [-0.4, -0.2) is 50.5 Å². The Labute approximate surface area is 140 Å². The monoisotopic (exact) mass is 335 g/mol. The number of anilines is 2. The van der Waals surface area contributed by atoms with Gasteiger partial charge in [-0.3, -0.25) is 9.69 Å². The van der Waals surface area contributed by atoms with E-state index in [0.717, 1.165) is 23.4 Å². The fourth-order valence-electron chi connectivity index (χ4n) is 3.38. The number of nitrogens with one attached hydrogen (secondary N) is 1. The van der Waals surface area contributed by atoms with E-state index >= 15 is 0 Å². The molecule has 24 heavy (non-hydrogen) atoms. The quantitative estimate of drug-likeness (QED) is 0.892. The number of carbonyl (C=O) groups excluding carboxylic acids is 2. The lowest BCUT2D eigenvalue weighted by atomic mass is 10.1. The predicted octanol–water partition coefficient (Wildman–Crippen LogP) is 1.87. The Kier molecular flexibility index (Phi) is 4.59. The number of amides is 2. The van der Waals surface area contributed by atoms with Crippen molar-refractivity contribution in [3.8, 4) is 0 Å². The summed E-state index contributed by atoms with van der Waals surface area (Å²) >= 11 is 0. The molecule has 0 aromatic heterocycles. The highest BCUT2D eigenvalue weighted by atomic mass is 19.1. The van der Waals surface area contributed by atoms with Gasteiger partial charge in [0.1, 0.15) is 12.8 Å². The fourth-order valence-corrected chi connectivity index (χ4v) is 3.38. The maximum absolute atomic E-state index is 12.7. The Bertz CT molecular complexity index is 652. The Hall–Kier alpha value is -2.31. The molecule has 0 radical (unpaired) electrons. The van der Waals surface area contributed by atoms with Crippen molar-refractivity contribution < 1.29 is 18.7 Å². The van der Waals surface area contributed by atoms with E-state index in [9.17, 15) is 14.0 Å². The number of hydrogen-bond donors (Lipinski definition) is 1. The van der Waals surface area contributed by atoms with Crippen LogP contribution in [0.2, 0.25) is 0 Å². The van der Waals surface area contributed by atoms with E-state index in [4.69, 9.17) is 4.74 Å². The second-order valence-corrected chi connectivity index (χ2v) is 6.30. The van der Waals surface area contributed by atoms with Gasteiger partial charge in [0.25, 0.3) is 0 Å². The highest BCUT2D eigenvalue weighted by Crippen LogP contribution is 2.35. The van der Waals surface area contributed by atoms with Crippen molar-refractivity contribution in [2.75, 3.05) is 36.1 Å². The van der Waals surface area contributed by atoms with E-state index in [1.807, 2.05) is 18.2 Å². The van der Waals surface area contributed by atoms with Crippen molar-refractivity contribution in [1.82, 2.24) is 5.32 Å². The van der Waals surface area contributed by atoms with Gasteiger partial charge in [-0.05, 0) is 37.1 Å². The number of benzene rings is 1. The van der Waals surface area contributed by atoms with Gasteiger partial charge in [-0.2, -0.15) is 0 Å². The molecule has 2 aliphatic rings. The number of carbonyl (C=O) groups is 2. The third kappa shape index (κ3) is 3.16. The molecule has 2 aliphatic heterocycles. The molecule has 0 saturated carbocycles. The highest BCUT2D eigenvalue weighted by molar-refractivity contribution is 5.90. The van der Waals surface area contributed by atoms with Crippen LogP contribution in [0.15, 0.2) is 18.2 Å². The van der Waals surface area contributed by atoms with Crippen LogP contribution in [0.1, 0.15) is 19.4 Å². The summed E-state index contributed by atoms with van der Waals surface area (Å²) in [5, 5.41) is 2.66. The van der Waals surface area contributed by atoms with Crippen molar-refractivity contribution in [1.29, 1.82) is 0 Å². The van der Waals surface area contributed by atoms with Crippen LogP contribution < -0.4 is 15.1 Å². The third-order valence-electron chi connectivity index (χ3n) is 4.51. The molecule has 130 valence electrons. The zero-order chi connectivity index (χ0) is 17.3. The molecule has 2 atom stereocenters. The summed E-state index contributed by atoms with van der Waals surface area (Å²) in [6.45, 7) is 4.22. The number of rotatable bonds is 5. The largest absolute Gasteiger partial charge is 0.442 e. The first kappa shape index (κ1) is 16.5. The van der Waals surface area contributed by atoms with Gasteiger partial charge in [0.05, 0.1) is 13.1 Å². The van der Waals surface area contributed by atoms with Crippen LogP contribution in [0.25, 0.3) is 0 Å². The SMILES string of the molecule is CC(=O)NC[C@H]1CN(c2ccc3c(c2)C[C@@H](C)N3CCF)C(=O)O1. The summed E-state index contributed by atoms with van der Waals surface area (Å²) in [6.07, 6.45) is 0.0788. The topological polar surface area (TPSA) is 61.9 Å². The van der Waals surface area contributed by atoms with Gasteiger partial charge in [0.2, 0.25) is 5.91 Å². The van der Waals surface area contributed by atoms with Gasteiger partial charge < -0.3 is 15.0 Å². The lowest BCUT2D eigenvalue weighted by Gasteiger charge is -2.23. The van der Waals surface area contributed by atoms with Gasteiger partial charge in [0, 0.05) is 30.9 Å². The number of alkyl halides is 1. The van der Waals surface area contributed by atoms with Crippen LogP contribution in [0, 0.1) is 0 Å². The van der Waals surface area contributed by atoms with Crippen molar-refractivity contribution in [2.45, 2.75) is 32.4 Å². The predicted molar refractivity (Wildman–Crippen MR) is 89.2 cm³/mol. The van der Waals surface area contributed by atoms with Gasteiger partial charge in [-0.15, -0.1) is 0 Å². The first-order chi connectivity index (χ1) is 11.5. The van der Waals surface area contributed by atoms with E-state index in [2.05, 4.69) is 17.1 Å². The minimum atomic E-state index is -0.406. The van der Waals surface area contributed by atoms with E-state index in [1.54, 1.807) is 4.90 Å². The molecule has 7 heteroatoms. The Balaban J connectivity index is 1.73. The van der Waals surface area contributed by atoms with Crippen LogP contribution in [-0.2, 0) is 16.0 Å². The molecule has 1 aromatic carbocycles. The molecule has 0 spiro atoms. The van der Waals surface area contributed by atoms with Crippen LogP contribution in [0.5, 0.6) is 0 Å². The second-order valence-electron chi connectivity index (χ2n) is 6.30. The smallest absolute Gasteiger partial charge is 0.414 e. The molecule has 0 aliphatic carbocycles. The average Bonchev–Trinajstić information content (AvgIpc) is 3.05. The first-order valence-electron chi connectivity index (χ1n) is 8.17. The van der Waals surface area contributed by atoms with Crippen LogP contribution in [0.4, 0.5) is 20.6 Å². The summed E-state index contributed by atoms with van der Waals surface area (Å²) < 4.78 is 18.0. The van der Waals surface area contributed by atoms with Crippen LogP contribution in [0.3, 0.4) is 0 Å². The summed E-state index contributed by atoms with van der Waals surface area (Å²) in [6, 6.07) is 6.04. The van der Waals surface area contributed by atoms with Gasteiger partial charge >= 0.3 is 6.09 Å². The summed E-state index contributed by atoms with van der Waals surface area (Å²) in [5.41, 5.74) is 2.93. The third-order valence-corrected chi connectivity index (χ3v) is 4.51. The maximum Gasteiger partial charge on any atom is 0.414 e. The second kappa shape index (κ2) is 6.67. The zero-order valence-electron chi connectivity index (χ0n) is 13.9. The number of fused-ring (bicyclic) bond motifs is 1. The molecule has 1 fully saturated rings. The lowest BCUT2D eigenvalue weighted by molar-refractivity contribution is -0.119. The number of halogens is 1. The van der Waals surface area contributed by atoms with E-state index < -0.39 is 6.09 Å². The summed E-state index contributed by atoms with van der Waals surface area (Å²) in [4.78, 5) is 26.7. The number of hydrogen-bond acceptors (Lipinski definition) is 4. The summed E-state index contributed by atoms with van der Waals surface area (Å²) in [7, 11) is 0. The minimum absolute atomic E-state index is 0.149. The Morgan fingerprint density at radius 1 is 1.46 bits per heavy atom. The molecule has 0 bridgehead atoms. The van der Waals surface area contributed by atoms with Gasteiger partial charge in [-0.25, -0.2) is 9.18 Å². The molecule has 1 saturated heterocycles. The molecular weight excluding hydrogens is 313 g/mol. The molecule has 2 heterocycles. The summed E-state index contributed by atoms with van der Waals surface area (Å²) in [5.74, 6) is -0.149. The average molecular weight is 335 g/mol. The normalized spacial score (nSPS) is 22.5. The van der Waals surface area contributed by atoms with Crippen molar-refractivity contribution in [3.63, 3.8) is 0 Å². The molecule has 6 nitrogen and oxygen atoms in total. The Morgan fingerprint density at radius 2 is 2.25 bits per heavy atom. The van der Waals surface area contributed by atoms with E-state index in [0.29, 0.717) is 19.6 Å². The molecule has 1 aromatic rings.